The van der Waals surface area contributed by atoms with Gasteiger partial charge in [-0.05, 0) is 0 Å². The summed E-state index contributed by atoms with van der Waals surface area (Å²) in [5, 5.41) is 10.1. The van der Waals surface area contributed by atoms with Gasteiger partial charge in [-0.3, -0.25) is 0 Å². The smallest absolute Gasteiger partial charge is 0.0115 e. The maximum atomic E-state index is 9.93. The van der Waals surface area contributed by atoms with Gasteiger partial charge in [-0.15, -0.1) is 0 Å². The quantitative estimate of drug-likeness (QED) is 0.451. The topological polar surface area (TPSA) is 59.6 Å². The highest BCUT2D eigenvalue weighted by Crippen LogP contribution is 1.67. The minimum atomic E-state index is 0.194. The molecule has 5 heteroatoms. The predicted octanol–water partition coefficient (Wildman–Crippen LogP) is -1.01. The first-order valence-corrected chi connectivity index (χ1v) is 1.79. The molecule has 44 valence electrons. The van der Waals surface area contributed by atoms with Crippen LogP contribution in [0.4, 0.5) is 0 Å². The Morgan fingerprint density at radius 3 is 2.29 bits per heavy atom. The zero-order valence-corrected chi connectivity index (χ0v) is 4.26. The molecule has 0 saturated carbocycles. The Labute approximate surface area is 41.7 Å². The number of hydroxylamine groups is 1. The first-order chi connectivity index (χ1) is 3.31. The van der Waals surface area contributed by atoms with Crippen molar-refractivity contribution in [1.82, 2.24) is 16.2 Å². The minimum Gasteiger partial charge on any atom is -0.746 e. The molecule has 0 atom stereocenters. The van der Waals surface area contributed by atoms with E-state index in [-0.39, 0.29) is 5.34 Å². The molecule has 0 aliphatic heterocycles. The molecule has 0 bridgehead atoms. The molecule has 0 amide bonds. The predicted molar refractivity (Wildman–Crippen MR) is 24.4 cm³/mol. The highest BCUT2D eigenvalue weighted by Gasteiger charge is 1.75. The van der Waals surface area contributed by atoms with Crippen LogP contribution in [-0.4, -0.2) is 19.4 Å². The summed E-state index contributed by atoms with van der Waals surface area (Å²) >= 11 is 0. The molecule has 0 saturated heterocycles. The lowest BCUT2D eigenvalue weighted by atomic mass is 11.5. The fourth-order valence-corrected chi connectivity index (χ4v) is 0.129. The summed E-state index contributed by atoms with van der Waals surface area (Å²) in [7, 11) is 2.94. The van der Waals surface area contributed by atoms with Gasteiger partial charge < -0.3 is 5.21 Å². The molecule has 0 heterocycles. The molecule has 0 fully saturated rings. The van der Waals surface area contributed by atoms with Crippen LogP contribution in [0.3, 0.4) is 0 Å². The summed E-state index contributed by atoms with van der Waals surface area (Å²) < 4.78 is 0. The number of nitrogens with one attached hydrogen (secondary N) is 2. The van der Waals surface area contributed by atoms with Gasteiger partial charge in [-0.25, -0.2) is 10.4 Å². The van der Waals surface area contributed by atoms with Gasteiger partial charge in [0.05, 0.1) is 0 Å². The Hall–Kier alpha value is -0.200. The number of hydrazine groups is 1. The van der Waals surface area contributed by atoms with Gasteiger partial charge in [0.2, 0.25) is 0 Å². The highest BCUT2D eigenvalue weighted by molar-refractivity contribution is 4.21. The highest BCUT2D eigenvalue weighted by atomic mass is 17.0. The van der Waals surface area contributed by atoms with E-state index in [0.717, 1.165) is 0 Å². The lowest BCUT2D eigenvalue weighted by Crippen LogP contribution is -2.33. The Bertz CT molecular complexity index is 41.9. The van der Waals surface area contributed by atoms with Crippen molar-refractivity contribution in [3.8, 4) is 0 Å². The third-order valence-corrected chi connectivity index (χ3v) is 0.357. The van der Waals surface area contributed by atoms with Crippen LogP contribution >= 0.6 is 0 Å². The molecular formula is C2H8N3O2-. The van der Waals surface area contributed by atoms with Crippen LogP contribution in [0, 0.1) is 5.21 Å². The van der Waals surface area contributed by atoms with E-state index in [0.29, 0.717) is 0 Å². The minimum absolute atomic E-state index is 0.194. The fourth-order valence-electron chi connectivity index (χ4n) is 0.129. The van der Waals surface area contributed by atoms with E-state index in [1.54, 1.807) is 0 Å². The first-order valence-electron chi connectivity index (χ1n) is 1.79. The van der Waals surface area contributed by atoms with Crippen molar-refractivity contribution in [1.29, 1.82) is 0 Å². The van der Waals surface area contributed by atoms with Gasteiger partial charge in [0, 0.05) is 14.1 Å². The van der Waals surface area contributed by atoms with Crippen LogP contribution < -0.4 is 10.9 Å². The first kappa shape index (κ1) is 6.80. The van der Waals surface area contributed by atoms with E-state index < -0.39 is 0 Å². The van der Waals surface area contributed by atoms with Crippen molar-refractivity contribution >= 4 is 0 Å². The Morgan fingerprint density at radius 2 is 2.14 bits per heavy atom. The van der Waals surface area contributed by atoms with E-state index in [2.05, 4.69) is 15.8 Å². The molecule has 0 aromatic rings. The maximum Gasteiger partial charge on any atom is 0.0115 e. The maximum absolute atomic E-state index is 9.93. The molecule has 0 aliphatic rings. The normalized spacial score (nSPS) is 10.3. The van der Waals surface area contributed by atoms with E-state index in [9.17, 15) is 5.21 Å². The molecule has 2 N–H and O–H groups in total. The molecule has 5 nitrogen and oxygen atoms in total. The van der Waals surface area contributed by atoms with Crippen molar-refractivity contribution in [2.24, 2.45) is 0 Å². The standard InChI is InChI=1S/C2H8N3O2/c1-3-5(6)7-4-2/h3-4H,1-2H3/q-1. The molecular weight excluding hydrogens is 98.0 g/mol. The molecule has 0 aromatic heterocycles. The van der Waals surface area contributed by atoms with E-state index >= 15 is 0 Å². The lowest BCUT2D eigenvalue weighted by molar-refractivity contribution is -0.197. The largest absolute Gasteiger partial charge is 0.746 e. The van der Waals surface area contributed by atoms with Crippen LogP contribution in [0.15, 0.2) is 0 Å². The lowest BCUT2D eigenvalue weighted by Gasteiger charge is -2.22. The Balaban J connectivity index is 2.83. The third kappa shape index (κ3) is 3.64. The van der Waals surface area contributed by atoms with Crippen molar-refractivity contribution in [2.45, 2.75) is 0 Å². The van der Waals surface area contributed by atoms with Crippen molar-refractivity contribution in [3.63, 3.8) is 0 Å². The van der Waals surface area contributed by atoms with Gasteiger partial charge in [0.25, 0.3) is 0 Å². The number of rotatable bonds is 3. The summed E-state index contributed by atoms with van der Waals surface area (Å²) in [4.78, 5) is 4.11. The summed E-state index contributed by atoms with van der Waals surface area (Å²) in [6.45, 7) is 0. The molecule has 0 unspecified atom stereocenters. The molecule has 0 rings (SSSR count). The van der Waals surface area contributed by atoms with Crippen LogP contribution in [-0.2, 0) is 4.94 Å². The average Bonchev–Trinajstić information content (AvgIpc) is 1.68. The van der Waals surface area contributed by atoms with Gasteiger partial charge in [0.1, 0.15) is 0 Å². The van der Waals surface area contributed by atoms with E-state index in [4.69, 9.17) is 0 Å². The second-order valence-electron chi connectivity index (χ2n) is 0.776. The zero-order valence-electron chi connectivity index (χ0n) is 4.26. The van der Waals surface area contributed by atoms with Gasteiger partial charge in [0.15, 0.2) is 0 Å². The molecule has 0 aromatic carbocycles. The summed E-state index contributed by atoms with van der Waals surface area (Å²) in [5.74, 6) is 0. The SMILES string of the molecule is CNON([O-])NC. The second kappa shape index (κ2) is 3.97. The Kier molecular flexibility index (Phi) is 3.86. The summed E-state index contributed by atoms with van der Waals surface area (Å²) in [6, 6.07) is 0. The second-order valence-corrected chi connectivity index (χ2v) is 0.776. The fraction of sp³-hybridized carbons (Fsp3) is 1.00. The number of nitrogens with zero attached hydrogens (tertiary/aromatic N) is 1. The van der Waals surface area contributed by atoms with Gasteiger partial charge in [-0.1, -0.05) is 0 Å². The van der Waals surface area contributed by atoms with Gasteiger partial charge >= 0.3 is 0 Å². The van der Waals surface area contributed by atoms with E-state index in [1.807, 2.05) is 0 Å². The molecule has 0 spiro atoms. The van der Waals surface area contributed by atoms with Crippen molar-refractivity contribution in [3.05, 3.63) is 5.21 Å². The molecule has 0 aliphatic carbocycles. The number of hydrogen-bond donors (Lipinski definition) is 2. The van der Waals surface area contributed by atoms with Gasteiger partial charge in [-0.2, -0.15) is 10.8 Å². The molecule has 0 radical (unpaired) electrons. The number of hydrogen-bond acceptors (Lipinski definition) is 5. The third-order valence-electron chi connectivity index (χ3n) is 0.357. The molecule has 7 heavy (non-hydrogen) atoms. The van der Waals surface area contributed by atoms with Crippen LogP contribution in [0.5, 0.6) is 0 Å². The van der Waals surface area contributed by atoms with Crippen LogP contribution in [0.25, 0.3) is 0 Å². The zero-order chi connectivity index (χ0) is 5.70. The van der Waals surface area contributed by atoms with E-state index in [1.165, 1.54) is 14.1 Å². The average molecular weight is 106 g/mol. The van der Waals surface area contributed by atoms with Crippen LogP contribution in [0.2, 0.25) is 0 Å². The monoisotopic (exact) mass is 106 g/mol. The Morgan fingerprint density at radius 1 is 1.57 bits per heavy atom. The summed E-state index contributed by atoms with van der Waals surface area (Å²) in [5.41, 5.74) is 4.33. The van der Waals surface area contributed by atoms with Crippen LogP contribution in [0.1, 0.15) is 0 Å². The van der Waals surface area contributed by atoms with Crippen molar-refractivity contribution < 1.29 is 4.94 Å². The summed E-state index contributed by atoms with van der Waals surface area (Å²) in [6.07, 6.45) is 0. The van der Waals surface area contributed by atoms with Crippen molar-refractivity contribution in [2.75, 3.05) is 14.1 Å².